The molecule has 0 radical (unpaired) electrons. The monoisotopic (exact) mass is 208 g/mol. The van der Waals surface area contributed by atoms with Gasteiger partial charge in [0.05, 0.1) is 12.6 Å². The van der Waals surface area contributed by atoms with E-state index in [1.54, 1.807) is 17.5 Å². The maximum Gasteiger partial charge on any atom is 0.199 e. The second kappa shape index (κ2) is 4.39. The quantitative estimate of drug-likeness (QED) is 0.834. The summed E-state index contributed by atoms with van der Waals surface area (Å²) in [6.07, 6.45) is 3.30. The lowest BCUT2D eigenvalue weighted by molar-refractivity contribution is 0.465. The van der Waals surface area contributed by atoms with E-state index < -0.39 is 0 Å². The van der Waals surface area contributed by atoms with E-state index in [0.29, 0.717) is 6.54 Å². The topological polar surface area (TPSA) is 52.0 Å². The lowest BCUT2D eigenvalue weighted by Gasteiger charge is -1.91. The molecule has 0 saturated heterocycles. The molecule has 2 aromatic heterocycles. The van der Waals surface area contributed by atoms with Crippen molar-refractivity contribution in [3.8, 4) is 0 Å². The third-order valence-corrected chi connectivity index (χ3v) is 2.77. The second-order valence-electron chi connectivity index (χ2n) is 3.02. The van der Waals surface area contributed by atoms with E-state index in [9.17, 15) is 0 Å². The summed E-state index contributed by atoms with van der Waals surface area (Å²) in [5.41, 5.74) is 5.42. The average Bonchev–Trinajstić information content (AvgIpc) is 2.79. The molecular formula is C10H12N2OS. The van der Waals surface area contributed by atoms with Crippen LogP contribution in [0, 0.1) is 0 Å². The molecular weight excluding hydrogens is 196 g/mol. The summed E-state index contributed by atoms with van der Waals surface area (Å²) in [4.78, 5) is 5.46. The Labute approximate surface area is 86.6 Å². The minimum atomic E-state index is 0.605. The normalized spacial score (nSPS) is 10.6. The number of hydrogen-bond donors (Lipinski definition) is 1. The van der Waals surface area contributed by atoms with Gasteiger partial charge in [-0.3, -0.25) is 0 Å². The van der Waals surface area contributed by atoms with Gasteiger partial charge in [-0.2, -0.15) is 0 Å². The second-order valence-corrected chi connectivity index (χ2v) is 4.05. The molecule has 2 N–H and O–H groups in total. The van der Waals surface area contributed by atoms with Gasteiger partial charge in [-0.15, -0.1) is 11.3 Å². The number of nitrogens with zero attached hydrogens (tertiary/aromatic N) is 1. The number of thiophene rings is 1. The highest BCUT2D eigenvalue weighted by atomic mass is 32.1. The first-order valence-electron chi connectivity index (χ1n) is 4.54. The van der Waals surface area contributed by atoms with Gasteiger partial charge in [0.2, 0.25) is 0 Å². The molecule has 3 nitrogen and oxygen atoms in total. The van der Waals surface area contributed by atoms with E-state index in [4.69, 9.17) is 10.2 Å². The van der Waals surface area contributed by atoms with Crippen molar-refractivity contribution in [2.24, 2.45) is 5.73 Å². The van der Waals surface area contributed by atoms with Gasteiger partial charge in [-0.05, 0) is 18.0 Å². The summed E-state index contributed by atoms with van der Waals surface area (Å²) in [6, 6.07) is 4.11. The molecule has 0 aliphatic carbocycles. The Balaban J connectivity index is 2.03. The zero-order chi connectivity index (χ0) is 9.80. The average molecular weight is 208 g/mol. The van der Waals surface area contributed by atoms with Crippen molar-refractivity contribution in [1.29, 1.82) is 0 Å². The summed E-state index contributed by atoms with van der Waals surface area (Å²) in [5.74, 6) is 1.65. The fourth-order valence-electron chi connectivity index (χ4n) is 1.25. The zero-order valence-corrected chi connectivity index (χ0v) is 8.59. The van der Waals surface area contributed by atoms with Crippen LogP contribution in [-0.4, -0.2) is 11.5 Å². The van der Waals surface area contributed by atoms with Crippen molar-refractivity contribution in [2.45, 2.75) is 12.8 Å². The molecule has 0 spiro atoms. The molecule has 0 aliphatic rings. The van der Waals surface area contributed by atoms with Crippen molar-refractivity contribution in [3.05, 3.63) is 40.2 Å². The molecule has 0 saturated carbocycles. The Morgan fingerprint density at radius 2 is 2.43 bits per heavy atom. The van der Waals surface area contributed by atoms with Crippen LogP contribution >= 0.6 is 11.3 Å². The SMILES string of the molecule is NCCc1cnc(Cc2cccs2)o1. The van der Waals surface area contributed by atoms with E-state index in [-0.39, 0.29) is 0 Å². The van der Waals surface area contributed by atoms with Gasteiger partial charge in [-0.1, -0.05) is 6.07 Å². The van der Waals surface area contributed by atoms with Crippen LogP contribution in [0.25, 0.3) is 0 Å². The summed E-state index contributed by atoms with van der Waals surface area (Å²) in [7, 11) is 0. The Hall–Kier alpha value is -1.13. The third-order valence-electron chi connectivity index (χ3n) is 1.90. The highest BCUT2D eigenvalue weighted by Gasteiger charge is 2.04. The number of rotatable bonds is 4. The van der Waals surface area contributed by atoms with Crippen molar-refractivity contribution in [1.82, 2.24) is 4.98 Å². The van der Waals surface area contributed by atoms with Crippen LogP contribution in [0.2, 0.25) is 0 Å². The first-order chi connectivity index (χ1) is 6.88. The molecule has 4 heteroatoms. The minimum Gasteiger partial charge on any atom is -0.445 e. The van der Waals surface area contributed by atoms with Crippen LogP contribution in [-0.2, 0) is 12.8 Å². The van der Waals surface area contributed by atoms with Gasteiger partial charge in [-0.25, -0.2) is 4.98 Å². The maximum atomic E-state index is 5.51. The van der Waals surface area contributed by atoms with Gasteiger partial charge >= 0.3 is 0 Å². The Morgan fingerprint density at radius 3 is 3.14 bits per heavy atom. The van der Waals surface area contributed by atoms with Crippen LogP contribution in [0.3, 0.4) is 0 Å². The molecule has 2 heterocycles. The summed E-state index contributed by atoms with van der Waals surface area (Å²) in [6.45, 7) is 0.605. The van der Waals surface area contributed by atoms with E-state index in [1.807, 2.05) is 6.07 Å². The Morgan fingerprint density at radius 1 is 1.50 bits per heavy atom. The van der Waals surface area contributed by atoms with Crippen LogP contribution in [0.4, 0.5) is 0 Å². The molecule has 0 aliphatic heterocycles. The van der Waals surface area contributed by atoms with Crippen LogP contribution < -0.4 is 5.73 Å². The molecule has 0 fully saturated rings. The van der Waals surface area contributed by atoms with E-state index in [0.717, 1.165) is 24.5 Å². The molecule has 2 rings (SSSR count). The molecule has 74 valence electrons. The lowest BCUT2D eigenvalue weighted by Crippen LogP contribution is -2.01. The van der Waals surface area contributed by atoms with E-state index in [2.05, 4.69) is 16.4 Å². The van der Waals surface area contributed by atoms with Gasteiger partial charge in [0.25, 0.3) is 0 Å². The predicted molar refractivity (Wildman–Crippen MR) is 56.4 cm³/mol. The van der Waals surface area contributed by atoms with E-state index in [1.165, 1.54) is 4.88 Å². The zero-order valence-electron chi connectivity index (χ0n) is 7.77. The molecule has 2 aromatic rings. The van der Waals surface area contributed by atoms with Crippen molar-refractivity contribution in [3.63, 3.8) is 0 Å². The van der Waals surface area contributed by atoms with Gasteiger partial charge in [0.15, 0.2) is 5.89 Å². The molecule has 0 amide bonds. The molecule has 0 bridgehead atoms. The van der Waals surface area contributed by atoms with Crippen molar-refractivity contribution < 1.29 is 4.42 Å². The van der Waals surface area contributed by atoms with Gasteiger partial charge < -0.3 is 10.2 Å². The summed E-state index contributed by atoms with van der Waals surface area (Å²) >= 11 is 1.72. The number of hydrogen-bond acceptors (Lipinski definition) is 4. The number of aromatic nitrogens is 1. The largest absolute Gasteiger partial charge is 0.445 e. The lowest BCUT2D eigenvalue weighted by atomic mass is 10.3. The van der Waals surface area contributed by atoms with Crippen LogP contribution in [0.15, 0.2) is 28.1 Å². The molecule has 0 unspecified atom stereocenters. The first-order valence-corrected chi connectivity index (χ1v) is 5.42. The fourth-order valence-corrected chi connectivity index (χ4v) is 1.95. The van der Waals surface area contributed by atoms with Crippen molar-refractivity contribution >= 4 is 11.3 Å². The van der Waals surface area contributed by atoms with Crippen molar-refractivity contribution in [2.75, 3.05) is 6.54 Å². The number of oxazole rings is 1. The standard InChI is InChI=1S/C10H12N2OS/c11-4-3-8-7-12-10(13-8)6-9-2-1-5-14-9/h1-2,5,7H,3-4,6,11H2. The number of nitrogens with two attached hydrogens (primary N) is 1. The highest BCUT2D eigenvalue weighted by molar-refractivity contribution is 7.09. The summed E-state index contributed by atoms with van der Waals surface area (Å²) < 4.78 is 5.51. The first kappa shape index (κ1) is 9.43. The van der Waals surface area contributed by atoms with Crippen LogP contribution in [0.5, 0.6) is 0 Å². The highest BCUT2D eigenvalue weighted by Crippen LogP contribution is 2.14. The third kappa shape index (κ3) is 2.21. The van der Waals surface area contributed by atoms with Crippen LogP contribution in [0.1, 0.15) is 16.5 Å². The molecule has 0 aromatic carbocycles. The summed E-state index contributed by atoms with van der Waals surface area (Å²) in [5, 5.41) is 2.05. The Bertz CT molecular complexity index is 380. The molecule has 0 atom stereocenters. The molecule has 14 heavy (non-hydrogen) atoms. The predicted octanol–water partition coefficient (Wildman–Crippen LogP) is 1.83. The minimum absolute atomic E-state index is 0.605. The maximum absolute atomic E-state index is 5.51. The Kier molecular flexibility index (Phi) is 2.96. The van der Waals surface area contributed by atoms with Gasteiger partial charge in [0.1, 0.15) is 5.76 Å². The fraction of sp³-hybridized carbons (Fsp3) is 0.300. The van der Waals surface area contributed by atoms with Gasteiger partial charge in [0, 0.05) is 11.3 Å². The smallest absolute Gasteiger partial charge is 0.199 e. The van der Waals surface area contributed by atoms with E-state index >= 15 is 0 Å².